The second-order valence-corrected chi connectivity index (χ2v) is 8.62. The fraction of sp³-hybridized carbons (Fsp3) is 0.333. The van der Waals surface area contributed by atoms with E-state index in [1.807, 2.05) is 12.1 Å². The summed E-state index contributed by atoms with van der Waals surface area (Å²) in [6.07, 6.45) is 3.32. The molecule has 2 aromatic rings. The Kier molecular flexibility index (Phi) is 5.89. The molecule has 0 heterocycles. The molecule has 0 saturated heterocycles. The normalized spacial score (nSPS) is 13.0. The quantitative estimate of drug-likeness (QED) is 0.802. The zero-order chi connectivity index (χ0) is 17.0. The summed E-state index contributed by atoms with van der Waals surface area (Å²) in [5.74, 6) is 0. The summed E-state index contributed by atoms with van der Waals surface area (Å²) in [7, 11) is -3.14. The van der Waals surface area contributed by atoms with E-state index in [0.717, 1.165) is 12.1 Å². The minimum Gasteiger partial charge on any atom is -0.306 e. The standard InChI is InChI=1S/C18H23NO2S2/c1-13-5-6-16(18(11-13)22-3)12-19-14(2)15-7-9-17(10-8-15)23(4,20)21/h5-11,14,19H,12H2,1-4H3. The first-order chi connectivity index (χ1) is 10.8. The second kappa shape index (κ2) is 7.51. The van der Waals surface area contributed by atoms with Crippen molar-refractivity contribution >= 4 is 21.6 Å². The highest BCUT2D eigenvalue weighted by Crippen LogP contribution is 2.23. The number of benzene rings is 2. The lowest BCUT2D eigenvalue weighted by Gasteiger charge is -2.16. The molecule has 1 atom stereocenters. The molecular formula is C18H23NO2S2. The maximum Gasteiger partial charge on any atom is 0.175 e. The highest BCUT2D eigenvalue weighted by atomic mass is 32.2. The smallest absolute Gasteiger partial charge is 0.175 e. The molecule has 124 valence electrons. The van der Waals surface area contributed by atoms with Crippen LogP contribution in [0, 0.1) is 6.92 Å². The first-order valence-corrected chi connectivity index (χ1v) is 10.6. The van der Waals surface area contributed by atoms with Crippen LogP contribution < -0.4 is 5.32 Å². The van der Waals surface area contributed by atoms with Gasteiger partial charge in [0.05, 0.1) is 4.90 Å². The minimum absolute atomic E-state index is 0.152. The molecule has 0 spiro atoms. The summed E-state index contributed by atoms with van der Waals surface area (Å²) in [5, 5.41) is 3.50. The van der Waals surface area contributed by atoms with Gasteiger partial charge in [0.25, 0.3) is 0 Å². The van der Waals surface area contributed by atoms with E-state index in [2.05, 4.69) is 43.6 Å². The molecule has 0 aromatic heterocycles. The lowest BCUT2D eigenvalue weighted by molar-refractivity contribution is 0.570. The highest BCUT2D eigenvalue weighted by molar-refractivity contribution is 7.98. The van der Waals surface area contributed by atoms with E-state index in [-0.39, 0.29) is 6.04 Å². The van der Waals surface area contributed by atoms with Crippen molar-refractivity contribution in [3.05, 3.63) is 59.2 Å². The van der Waals surface area contributed by atoms with Crippen molar-refractivity contribution in [3.8, 4) is 0 Å². The first kappa shape index (κ1) is 18.0. The average Bonchev–Trinajstić information content (AvgIpc) is 2.52. The topological polar surface area (TPSA) is 46.2 Å². The largest absolute Gasteiger partial charge is 0.306 e. The van der Waals surface area contributed by atoms with Crippen molar-refractivity contribution in [1.29, 1.82) is 0 Å². The third-order valence-electron chi connectivity index (χ3n) is 3.85. The van der Waals surface area contributed by atoms with Crippen molar-refractivity contribution < 1.29 is 8.42 Å². The van der Waals surface area contributed by atoms with Crippen LogP contribution in [-0.4, -0.2) is 20.9 Å². The molecule has 0 aliphatic rings. The molecular weight excluding hydrogens is 326 g/mol. The third kappa shape index (κ3) is 4.83. The Morgan fingerprint density at radius 3 is 2.35 bits per heavy atom. The van der Waals surface area contributed by atoms with Crippen LogP contribution in [0.4, 0.5) is 0 Å². The molecule has 3 nitrogen and oxygen atoms in total. The Hall–Kier alpha value is -1.30. The Bertz CT molecular complexity index is 768. The van der Waals surface area contributed by atoms with Crippen LogP contribution in [0.3, 0.4) is 0 Å². The van der Waals surface area contributed by atoms with Gasteiger partial charge in [0, 0.05) is 23.7 Å². The summed E-state index contributed by atoms with van der Waals surface area (Å²) in [6.45, 7) is 4.97. The summed E-state index contributed by atoms with van der Waals surface area (Å²) < 4.78 is 23.0. The van der Waals surface area contributed by atoms with E-state index in [1.54, 1.807) is 23.9 Å². The van der Waals surface area contributed by atoms with E-state index in [4.69, 9.17) is 0 Å². The van der Waals surface area contributed by atoms with Crippen LogP contribution in [0.1, 0.15) is 29.7 Å². The van der Waals surface area contributed by atoms with E-state index in [1.165, 1.54) is 22.3 Å². The van der Waals surface area contributed by atoms with Crippen LogP contribution >= 0.6 is 11.8 Å². The monoisotopic (exact) mass is 349 g/mol. The van der Waals surface area contributed by atoms with Crippen molar-refractivity contribution in [2.45, 2.75) is 36.2 Å². The van der Waals surface area contributed by atoms with Crippen molar-refractivity contribution in [3.63, 3.8) is 0 Å². The summed E-state index contributed by atoms with van der Waals surface area (Å²) in [4.78, 5) is 1.65. The fourth-order valence-electron chi connectivity index (χ4n) is 2.38. The Labute approximate surface area is 143 Å². The molecule has 0 amide bonds. The Balaban J connectivity index is 2.06. The maximum absolute atomic E-state index is 11.5. The number of aryl methyl sites for hydroxylation is 1. The van der Waals surface area contributed by atoms with Gasteiger partial charge in [0.1, 0.15) is 0 Å². The van der Waals surface area contributed by atoms with Gasteiger partial charge in [-0.2, -0.15) is 0 Å². The molecule has 5 heteroatoms. The summed E-state index contributed by atoms with van der Waals surface area (Å²) in [6, 6.07) is 13.7. The van der Waals surface area contributed by atoms with Gasteiger partial charge >= 0.3 is 0 Å². The van der Waals surface area contributed by atoms with Crippen LogP contribution in [0.5, 0.6) is 0 Å². The molecule has 2 rings (SSSR count). The van der Waals surface area contributed by atoms with Crippen molar-refractivity contribution in [2.75, 3.05) is 12.5 Å². The predicted octanol–water partition coefficient (Wildman–Crippen LogP) is 3.97. The van der Waals surface area contributed by atoms with Crippen LogP contribution in [-0.2, 0) is 16.4 Å². The highest BCUT2D eigenvalue weighted by Gasteiger charge is 2.10. The van der Waals surface area contributed by atoms with Gasteiger partial charge in [-0.15, -0.1) is 11.8 Å². The molecule has 0 saturated carbocycles. The lowest BCUT2D eigenvalue weighted by Crippen LogP contribution is -2.18. The van der Waals surface area contributed by atoms with Crippen molar-refractivity contribution in [1.82, 2.24) is 5.32 Å². The number of hydrogen-bond acceptors (Lipinski definition) is 4. The lowest BCUT2D eigenvalue weighted by atomic mass is 10.1. The molecule has 2 aromatic carbocycles. The molecule has 23 heavy (non-hydrogen) atoms. The molecule has 0 aliphatic carbocycles. The SMILES string of the molecule is CSc1cc(C)ccc1CNC(C)c1ccc(S(C)(=O)=O)cc1. The van der Waals surface area contributed by atoms with E-state index >= 15 is 0 Å². The van der Waals surface area contributed by atoms with Gasteiger partial charge in [-0.1, -0.05) is 24.3 Å². The number of nitrogens with one attached hydrogen (secondary N) is 1. The number of rotatable bonds is 6. The molecule has 1 unspecified atom stereocenters. The molecule has 1 N–H and O–H groups in total. The van der Waals surface area contributed by atoms with Crippen LogP contribution in [0.25, 0.3) is 0 Å². The third-order valence-corrected chi connectivity index (χ3v) is 5.80. The average molecular weight is 350 g/mol. The van der Waals surface area contributed by atoms with Gasteiger partial charge in [-0.05, 0) is 55.0 Å². The number of thioether (sulfide) groups is 1. The van der Waals surface area contributed by atoms with Crippen molar-refractivity contribution in [2.24, 2.45) is 0 Å². The summed E-state index contributed by atoms with van der Waals surface area (Å²) in [5.41, 5.74) is 3.63. The minimum atomic E-state index is -3.14. The maximum atomic E-state index is 11.5. The van der Waals surface area contributed by atoms with Crippen LogP contribution in [0.2, 0.25) is 0 Å². The molecule has 0 fully saturated rings. The Morgan fingerprint density at radius 2 is 1.78 bits per heavy atom. The zero-order valence-corrected chi connectivity index (χ0v) is 15.6. The fourth-order valence-corrected chi connectivity index (χ4v) is 3.72. The van der Waals surface area contributed by atoms with Gasteiger partial charge in [-0.3, -0.25) is 0 Å². The first-order valence-electron chi connectivity index (χ1n) is 7.48. The number of hydrogen-bond donors (Lipinski definition) is 1. The predicted molar refractivity (Wildman–Crippen MR) is 97.8 cm³/mol. The molecule has 0 radical (unpaired) electrons. The van der Waals surface area contributed by atoms with E-state index in [0.29, 0.717) is 4.90 Å². The van der Waals surface area contributed by atoms with Crippen LogP contribution in [0.15, 0.2) is 52.3 Å². The molecule has 0 bridgehead atoms. The second-order valence-electron chi connectivity index (χ2n) is 5.76. The van der Waals surface area contributed by atoms with Gasteiger partial charge in [-0.25, -0.2) is 8.42 Å². The number of sulfone groups is 1. The summed E-state index contributed by atoms with van der Waals surface area (Å²) >= 11 is 1.76. The van der Waals surface area contributed by atoms with Gasteiger partial charge in [0.15, 0.2) is 9.84 Å². The zero-order valence-electron chi connectivity index (χ0n) is 14.0. The van der Waals surface area contributed by atoms with Gasteiger partial charge < -0.3 is 5.32 Å². The Morgan fingerprint density at radius 1 is 1.13 bits per heavy atom. The van der Waals surface area contributed by atoms with E-state index < -0.39 is 9.84 Å². The molecule has 0 aliphatic heterocycles. The van der Waals surface area contributed by atoms with Gasteiger partial charge in [0.2, 0.25) is 0 Å². The van der Waals surface area contributed by atoms with E-state index in [9.17, 15) is 8.42 Å².